The molecule has 2 amide bonds. The molecule has 2 N–H and O–H groups in total. The van der Waals surface area contributed by atoms with E-state index in [0.29, 0.717) is 11.4 Å². The van der Waals surface area contributed by atoms with Gasteiger partial charge in [0.15, 0.2) is 0 Å². The Kier molecular flexibility index (Phi) is 4.89. The number of aryl methyl sites for hydroxylation is 1. The first-order valence-electron chi connectivity index (χ1n) is 7.96. The zero-order valence-corrected chi connectivity index (χ0v) is 14.5. The second kappa shape index (κ2) is 7.09. The van der Waals surface area contributed by atoms with Gasteiger partial charge in [0.05, 0.1) is 23.3 Å². The van der Waals surface area contributed by atoms with Crippen molar-refractivity contribution in [1.82, 2.24) is 15.1 Å². The van der Waals surface area contributed by atoms with E-state index in [2.05, 4.69) is 22.7 Å². The number of benzene rings is 1. The third kappa shape index (κ3) is 3.46. The lowest BCUT2D eigenvalue weighted by atomic mass is 10.2. The summed E-state index contributed by atoms with van der Waals surface area (Å²) in [6.07, 6.45) is 3.42. The van der Waals surface area contributed by atoms with Crippen LogP contribution in [0.25, 0.3) is 5.69 Å². The fourth-order valence-electron chi connectivity index (χ4n) is 2.61. The maximum Gasteiger partial charge on any atom is 0.279 e. The molecule has 0 aliphatic carbocycles. The van der Waals surface area contributed by atoms with Crippen LogP contribution in [0.4, 0.5) is 10.5 Å². The quantitative estimate of drug-likeness (QED) is 0.874. The Balaban J connectivity index is 1.84. The SMILES string of the molecule is CCCc1c(NC(=O)C2CSC(=O)N2)cnn1-c1ccc(C)cc1. The number of anilines is 1. The summed E-state index contributed by atoms with van der Waals surface area (Å²) in [6.45, 7) is 4.13. The van der Waals surface area contributed by atoms with Crippen LogP contribution in [0.5, 0.6) is 0 Å². The predicted octanol–water partition coefficient (Wildman–Crippen LogP) is 2.90. The lowest BCUT2D eigenvalue weighted by molar-refractivity contribution is -0.117. The molecule has 1 saturated heterocycles. The van der Waals surface area contributed by atoms with Crippen molar-refractivity contribution in [3.05, 3.63) is 41.7 Å². The standard InChI is InChI=1S/C17H20N4O2S/c1-3-4-15-13(19-16(22)14-10-24-17(23)20-14)9-18-21(15)12-7-5-11(2)6-8-12/h5-9,14H,3-4,10H2,1-2H3,(H,19,22)(H,20,23). The maximum atomic E-state index is 12.3. The van der Waals surface area contributed by atoms with Gasteiger partial charge in [0.2, 0.25) is 5.91 Å². The van der Waals surface area contributed by atoms with Crippen molar-refractivity contribution in [3.8, 4) is 5.69 Å². The Bertz CT molecular complexity index is 754. The van der Waals surface area contributed by atoms with Crippen molar-refractivity contribution in [2.24, 2.45) is 0 Å². The smallest absolute Gasteiger partial charge is 0.279 e. The van der Waals surface area contributed by atoms with E-state index in [9.17, 15) is 9.59 Å². The van der Waals surface area contributed by atoms with Crippen molar-refractivity contribution in [3.63, 3.8) is 0 Å². The molecule has 1 atom stereocenters. The Morgan fingerprint density at radius 2 is 2.17 bits per heavy atom. The minimum Gasteiger partial charge on any atom is -0.334 e. The highest BCUT2D eigenvalue weighted by atomic mass is 32.2. The molecular formula is C17H20N4O2S. The summed E-state index contributed by atoms with van der Waals surface area (Å²) in [5, 5.41) is 9.85. The number of hydrogen-bond acceptors (Lipinski definition) is 4. The highest BCUT2D eigenvalue weighted by Crippen LogP contribution is 2.22. The van der Waals surface area contributed by atoms with Crippen molar-refractivity contribution in [2.75, 3.05) is 11.1 Å². The van der Waals surface area contributed by atoms with E-state index < -0.39 is 6.04 Å². The van der Waals surface area contributed by atoms with E-state index in [1.54, 1.807) is 6.20 Å². The van der Waals surface area contributed by atoms with E-state index in [-0.39, 0.29) is 11.1 Å². The average molecular weight is 344 g/mol. The second-order valence-corrected chi connectivity index (χ2v) is 6.78. The Morgan fingerprint density at radius 3 is 2.79 bits per heavy atom. The number of nitrogens with zero attached hydrogens (tertiary/aromatic N) is 2. The van der Waals surface area contributed by atoms with Gasteiger partial charge >= 0.3 is 0 Å². The van der Waals surface area contributed by atoms with Crippen LogP contribution in [0.15, 0.2) is 30.5 Å². The number of hydrogen-bond donors (Lipinski definition) is 2. The van der Waals surface area contributed by atoms with Crippen LogP contribution in [0.2, 0.25) is 0 Å². The van der Waals surface area contributed by atoms with Crippen LogP contribution < -0.4 is 10.6 Å². The molecule has 24 heavy (non-hydrogen) atoms. The first-order chi connectivity index (χ1) is 11.6. The highest BCUT2D eigenvalue weighted by Gasteiger charge is 2.28. The van der Waals surface area contributed by atoms with Gasteiger partial charge in [-0.2, -0.15) is 5.10 Å². The van der Waals surface area contributed by atoms with Gasteiger partial charge in [-0.15, -0.1) is 0 Å². The third-order valence-electron chi connectivity index (χ3n) is 3.88. The van der Waals surface area contributed by atoms with E-state index in [1.165, 1.54) is 5.56 Å². The maximum absolute atomic E-state index is 12.3. The molecule has 7 heteroatoms. The lowest BCUT2D eigenvalue weighted by Gasteiger charge is -2.12. The third-order valence-corrected chi connectivity index (χ3v) is 4.76. The number of carbonyl (C=O) groups is 2. The van der Waals surface area contributed by atoms with Gasteiger partial charge in [0.25, 0.3) is 5.24 Å². The monoisotopic (exact) mass is 344 g/mol. The molecule has 1 unspecified atom stereocenters. The first kappa shape index (κ1) is 16.6. The lowest BCUT2D eigenvalue weighted by Crippen LogP contribution is -2.38. The van der Waals surface area contributed by atoms with Gasteiger partial charge < -0.3 is 10.6 Å². The van der Waals surface area contributed by atoms with Crippen molar-refractivity contribution < 1.29 is 9.59 Å². The van der Waals surface area contributed by atoms with E-state index in [4.69, 9.17) is 0 Å². The van der Waals surface area contributed by atoms with Crippen LogP contribution in [0.1, 0.15) is 24.6 Å². The molecule has 3 rings (SSSR count). The summed E-state index contributed by atoms with van der Waals surface area (Å²) in [4.78, 5) is 23.6. The van der Waals surface area contributed by atoms with Gasteiger partial charge in [-0.25, -0.2) is 4.68 Å². The van der Waals surface area contributed by atoms with E-state index >= 15 is 0 Å². The summed E-state index contributed by atoms with van der Waals surface area (Å²) < 4.78 is 1.86. The van der Waals surface area contributed by atoms with Crippen LogP contribution in [-0.2, 0) is 11.2 Å². The molecule has 126 valence electrons. The Hall–Kier alpha value is -2.28. The molecule has 1 aliphatic heterocycles. The van der Waals surface area contributed by atoms with Crippen molar-refractivity contribution >= 4 is 28.6 Å². The summed E-state index contributed by atoms with van der Waals surface area (Å²) in [5.41, 5.74) is 3.82. The molecule has 1 aliphatic rings. The van der Waals surface area contributed by atoms with Gasteiger partial charge in [-0.1, -0.05) is 42.8 Å². The minimum atomic E-state index is -0.486. The molecule has 0 saturated carbocycles. The molecular weight excluding hydrogens is 324 g/mol. The molecule has 0 spiro atoms. The van der Waals surface area contributed by atoms with Gasteiger partial charge in [-0.05, 0) is 25.5 Å². The number of nitrogens with one attached hydrogen (secondary N) is 2. The summed E-state index contributed by atoms with van der Waals surface area (Å²) in [6, 6.07) is 7.62. The van der Waals surface area contributed by atoms with Crippen LogP contribution in [-0.4, -0.2) is 32.7 Å². The van der Waals surface area contributed by atoms with Gasteiger partial charge in [0.1, 0.15) is 6.04 Å². The molecule has 0 bridgehead atoms. The first-order valence-corrected chi connectivity index (χ1v) is 8.95. The number of carbonyl (C=O) groups excluding carboxylic acids is 2. The zero-order chi connectivity index (χ0) is 17.1. The van der Waals surface area contributed by atoms with Crippen LogP contribution >= 0.6 is 11.8 Å². The Morgan fingerprint density at radius 1 is 1.42 bits per heavy atom. The molecule has 1 aromatic heterocycles. The molecule has 1 fully saturated rings. The second-order valence-electron chi connectivity index (χ2n) is 5.79. The van der Waals surface area contributed by atoms with Gasteiger partial charge in [0, 0.05) is 5.75 Å². The fraction of sp³-hybridized carbons (Fsp3) is 0.353. The van der Waals surface area contributed by atoms with Crippen LogP contribution in [0.3, 0.4) is 0 Å². The zero-order valence-electron chi connectivity index (χ0n) is 13.7. The van der Waals surface area contributed by atoms with E-state index in [0.717, 1.165) is 36.0 Å². The molecule has 6 nitrogen and oxygen atoms in total. The molecule has 1 aromatic carbocycles. The minimum absolute atomic E-state index is 0.153. The molecule has 2 aromatic rings. The summed E-state index contributed by atoms with van der Waals surface area (Å²) in [5.74, 6) is 0.258. The van der Waals surface area contributed by atoms with E-state index in [1.807, 2.05) is 35.9 Å². The van der Waals surface area contributed by atoms with Gasteiger partial charge in [-0.3, -0.25) is 9.59 Å². The average Bonchev–Trinajstić information content (AvgIpc) is 3.16. The number of aromatic nitrogens is 2. The summed E-state index contributed by atoms with van der Waals surface area (Å²) in [7, 11) is 0. The number of amides is 2. The number of thioether (sulfide) groups is 1. The molecule has 2 heterocycles. The predicted molar refractivity (Wildman–Crippen MR) is 95.7 cm³/mol. The number of rotatable bonds is 5. The van der Waals surface area contributed by atoms with Crippen LogP contribution in [0, 0.1) is 6.92 Å². The van der Waals surface area contributed by atoms with Crippen molar-refractivity contribution in [1.29, 1.82) is 0 Å². The van der Waals surface area contributed by atoms with Crippen molar-refractivity contribution in [2.45, 2.75) is 32.7 Å². The topological polar surface area (TPSA) is 76.0 Å². The molecule has 0 radical (unpaired) electrons. The largest absolute Gasteiger partial charge is 0.334 e. The Labute approximate surface area is 145 Å². The normalized spacial score (nSPS) is 16.9. The highest BCUT2D eigenvalue weighted by molar-refractivity contribution is 8.14. The summed E-state index contributed by atoms with van der Waals surface area (Å²) >= 11 is 1.13. The fourth-order valence-corrected chi connectivity index (χ4v) is 3.39.